The van der Waals surface area contributed by atoms with E-state index in [1.165, 1.54) is 25.6 Å². The summed E-state index contributed by atoms with van der Waals surface area (Å²) >= 11 is 1.51. The van der Waals surface area contributed by atoms with Gasteiger partial charge in [0.15, 0.2) is 0 Å². The summed E-state index contributed by atoms with van der Waals surface area (Å²) in [5, 5.41) is 6.98. The summed E-state index contributed by atoms with van der Waals surface area (Å²) in [7, 11) is 3.00. The molecule has 7 heteroatoms. The summed E-state index contributed by atoms with van der Waals surface area (Å²) in [6.07, 6.45) is 0. The molecule has 2 rings (SSSR count). The summed E-state index contributed by atoms with van der Waals surface area (Å²) in [5.74, 6) is -0.475. The quantitative estimate of drug-likeness (QED) is 0.826. The highest BCUT2D eigenvalue weighted by molar-refractivity contribution is 7.09. The van der Waals surface area contributed by atoms with Crippen molar-refractivity contribution in [1.29, 1.82) is 0 Å². The van der Waals surface area contributed by atoms with Gasteiger partial charge in [-0.05, 0) is 23.6 Å². The molecule has 0 unspecified atom stereocenters. The predicted octanol–water partition coefficient (Wildman–Crippen LogP) is 2.02. The van der Waals surface area contributed by atoms with Crippen LogP contribution in [0.3, 0.4) is 0 Å². The third-order valence-electron chi connectivity index (χ3n) is 2.86. The molecule has 0 aliphatic rings. The summed E-state index contributed by atoms with van der Waals surface area (Å²) in [6.45, 7) is 0.319. The van der Waals surface area contributed by atoms with E-state index in [0.29, 0.717) is 23.7 Å². The Labute approximate surface area is 132 Å². The Bertz CT molecular complexity index is 656. The first-order chi connectivity index (χ1) is 10.6. The van der Waals surface area contributed by atoms with Gasteiger partial charge in [-0.15, -0.1) is 11.3 Å². The van der Waals surface area contributed by atoms with Gasteiger partial charge in [0.2, 0.25) is 0 Å². The second-order valence-electron chi connectivity index (χ2n) is 4.28. The fourth-order valence-electron chi connectivity index (χ4n) is 1.75. The maximum absolute atomic E-state index is 11.9. The van der Waals surface area contributed by atoms with Gasteiger partial charge in [0.05, 0.1) is 26.5 Å². The van der Waals surface area contributed by atoms with E-state index in [9.17, 15) is 9.59 Å². The molecule has 0 fully saturated rings. The van der Waals surface area contributed by atoms with Gasteiger partial charge in [0.25, 0.3) is 0 Å². The van der Waals surface area contributed by atoms with Crippen LogP contribution in [0, 0.1) is 0 Å². The number of anilines is 1. The molecule has 0 aliphatic carbocycles. The molecule has 116 valence electrons. The monoisotopic (exact) mass is 320 g/mol. The molecule has 6 nitrogen and oxygen atoms in total. The van der Waals surface area contributed by atoms with E-state index in [-0.39, 0.29) is 0 Å². The van der Waals surface area contributed by atoms with Crippen molar-refractivity contribution in [2.24, 2.45) is 0 Å². The molecule has 0 aliphatic heterocycles. The average Bonchev–Trinajstić information content (AvgIpc) is 3.05. The van der Waals surface area contributed by atoms with Gasteiger partial charge in [-0.3, -0.25) is 9.59 Å². The van der Waals surface area contributed by atoms with Crippen molar-refractivity contribution in [2.45, 2.75) is 6.54 Å². The van der Waals surface area contributed by atoms with Crippen molar-refractivity contribution in [3.05, 3.63) is 40.6 Å². The van der Waals surface area contributed by atoms with Gasteiger partial charge in [-0.2, -0.15) is 0 Å². The topological polar surface area (TPSA) is 76.7 Å². The van der Waals surface area contributed by atoms with E-state index in [1.807, 2.05) is 17.5 Å². The lowest BCUT2D eigenvalue weighted by atomic mass is 10.2. The summed E-state index contributed by atoms with van der Waals surface area (Å²) in [5.41, 5.74) is 0.373. The third kappa shape index (κ3) is 3.98. The molecular formula is C15H16N2O4S. The van der Waals surface area contributed by atoms with Gasteiger partial charge < -0.3 is 20.1 Å². The Balaban J connectivity index is 1.99. The number of rotatable bonds is 5. The van der Waals surface area contributed by atoms with Crippen LogP contribution < -0.4 is 20.1 Å². The van der Waals surface area contributed by atoms with E-state index in [1.54, 1.807) is 18.2 Å². The molecule has 1 aromatic heterocycles. The normalized spacial score (nSPS) is 9.91. The molecule has 2 N–H and O–H groups in total. The van der Waals surface area contributed by atoms with Gasteiger partial charge in [-0.25, -0.2) is 0 Å². The number of ether oxygens (including phenoxy) is 2. The van der Waals surface area contributed by atoms with E-state index < -0.39 is 11.8 Å². The fourth-order valence-corrected chi connectivity index (χ4v) is 2.40. The Morgan fingerprint density at radius 2 is 1.95 bits per heavy atom. The number of hydrogen-bond donors (Lipinski definition) is 2. The predicted molar refractivity (Wildman–Crippen MR) is 84.3 cm³/mol. The molecule has 0 atom stereocenters. The van der Waals surface area contributed by atoms with E-state index in [4.69, 9.17) is 9.47 Å². The Morgan fingerprint density at radius 3 is 2.59 bits per heavy atom. The largest absolute Gasteiger partial charge is 0.497 e. The van der Waals surface area contributed by atoms with Crippen LogP contribution >= 0.6 is 11.3 Å². The van der Waals surface area contributed by atoms with Crippen LogP contribution in [0.5, 0.6) is 11.5 Å². The number of carbonyl (C=O) groups excluding carboxylic acids is 2. The zero-order valence-corrected chi connectivity index (χ0v) is 13.0. The second-order valence-corrected chi connectivity index (χ2v) is 5.31. The van der Waals surface area contributed by atoms with Gasteiger partial charge in [0.1, 0.15) is 11.5 Å². The number of hydrogen-bond acceptors (Lipinski definition) is 5. The van der Waals surface area contributed by atoms with Crippen molar-refractivity contribution in [2.75, 3.05) is 19.5 Å². The smallest absolute Gasteiger partial charge is 0.313 e. The summed E-state index contributed by atoms with van der Waals surface area (Å²) in [6, 6.07) is 8.70. The highest BCUT2D eigenvalue weighted by Gasteiger charge is 2.16. The first-order valence-electron chi connectivity index (χ1n) is 6.47. The minimum absolute atomic E-state index is 0.319. The van der Waals surface area contributed by atoms with Crippen molar-refractivity contribution in [3.63, 3.8) is 0 Å². The lowest BCUT2D eigenvalue weighted by Gasteiger charge is -2.11. The number of amides is 2. The number of benzene rings is 1. The molecule has 1 heterocycles. The zero-order chi connectivity index (χ0) is 15.9. The molecule has 0 saturated carbocycles. The summed E-state index contributed by atoms with van der Waals surface area (Å²) in [4.78, 5) is 24.7. The average molecular weight is 320 g/mol. The SMILES string of the molecule is COc1ccc(OC)c(NC(=O)C(=O)NCc2cccs2)c1. The Morgan fingerprint density at radius 1 is 1.14 bits per heavy atom. The Kier molecular flexibility index (Phi) is 5.37. The van der Waals surface area contributed by atoms with Crippen LogP contribution in [-0.2, 0) is 16.1 Å². The van der Waals surface area contributed by atoms with Crippen molar-refractivity contribution in [3.8, 4) is 11.5 Å². The molecule has 2 aromatic rings. The van der Waals surface area contributed by atoms with Crippen LogP contribution in [0.15, 0.2) is 35.7 Å². The third-order valence-corrected chi connectivity index (χ3v) is 3.74. The van der Waals surface area contributed by atoms with Crippen LogP contribution in [0.4, 0.5) is 5.69 Å². The van der Waals surface area contributed by atoms with E-state index in [2.05, 4.69) is 10.6 Å². The maximum Gasteiger partial charge on any atom is 0.313 e. The minimum atomic E-state index is -0.761. The fraction of sp³-hybridized carbons (Fsp3) is 0.200. The highest BCUT2D eigenvalue weighted by Crippen LogP contribution is 2.28. The van der Waals surface area contributed by atoms with E-state index in [0.717, 1.165) is 4.88 Å². The first-order valence-corrected chi connectivity index (χ1v) is 7.35. The van der Waals surface area contributed by atoms with Crippen LogP contribution in [0.2, 0.25) is 0 Å². The van der Waals surface area contributed by atoms with Crippen LogP contribution in [0.1, 0.15) is 4.88 Å². The minimum Gasteiger partial charge on any atom is -0.497 e. The van der Waals surface area contributed by atoms with Crippen LogP contribution in [0.25, 0.3) is 0 Å². The molecule has 0 saturated heterocycles. The van der Waals surface area contributed by atoms with Gasteiger partial charge in [-0.1, -0.05) is 6.07 Å². The molecule has 0 spiro atoms. The van der Waals surface area contributed by atoms with Crippen LogP contribution in [-0.4, -0.2) is 26.0 Å². The molecular weight excluding hydrogens is 304 g/mol. The van der Waals surface area contributed by atoms with Gasteiger partial charge >= 0.3 is 11.8 Å². The number of methoxy groups -OCH3 is 2. The number of thiophene rings is 1. The molecule has 0 radical (unpaired) electrons. The summed E-state index contributed by atoms with van der Waals surface area (Å²) < 4.78 is 10.2. The first kappa shape index (κ1) is 15.8. The number of carbonyl (C=O) groups is 2. The molecule has 1 aromatic carbocycles. The molecule has 0 bridgehead atoms. The van der Waals surface area contributed by atoms with Crippen molar-refractivity contribution in [1.82, 2.24) is 5.32 Å². The lowest BCUT2D eigenvalue weighted by molar-refractivity contribution is -0.136. The highest BCUT2D eigenvalue weighted by atomic mass is 32.1. The second kappa shape index (κ2) is 7.46. The maximum atomic E-state index is 11.9. The standard InChI is InChI=1S/C15H16N2O4S/c1-20-10-5-6-13(21-2)12(8-10)17-15(19)14(18)16-9-11-4-3-7-22-11/h3-8H,9H2,1-2H3,(H,16,18)(H,17,19). The van der Waals surface area contributed by atoms with E-state index >= 15 is 0 Å². The van der Waals surface area contributed by atoms with Crippen molar-refractivity contribution >= 4 is 28.8 Å². The lowest BCUT2D eigenvalue weighted by Crippen LogP contribution is -2.34. The Hall–Kier alpha value is -2.54. The zero-order valence-electron chi connectivity index (χ0n) is 12.2. The molecule has 2 amide bonds. The van der Waals surface area contributed by atoms with Crippen molar-refractivity contribution < 1.29 is 19.1 Å². The number of nitrogens with one attached hydrogen (secondary N) is 2. The van der Waals surface area contributed by atoms with Gasteiger partial charge in [0, 0.05) is 10.9 Å². The molecule has 22 heavy (non-hydrogen) atoms.